The Hall–Kier alpha value is -1.34. The van der Waals surface area contributed by atoms with E-state index in [1.165, 1.54) is 0 Å². The van der Waals surface area contributed by atoms with E-state index in [9.17, 15) is 9.59 Å². The van der Waals surface area contributed by atoms with E-state index < -0.39 is 5.97 Å². The molecule has 19 heavy (non-hydrogen) atoms. The molecule has 0 atom stereocenters. The number of carboxylic acid groups (broad SMARTS) is 1. The van der Waals surface area contributed by atoms with Crippen LogP contribution in [-0.2, 0) is 4.79 Å². The van der Waals surface area contributed by atoms with Crippen LogP contribution in [0.3, 0.4) is 0 Å². The lowest BCUT2D eigenvalue weighted by atomic mass is 10.3. The Balaban J connectivity index is 2.28. The maximum absolute atomic E-state index is 12.1. The first kappa shape index (κ1) is 15.7. The fourth-order valence-electron chi connectivity index (χ4n) is 2.03. The molecule has 0 aliphatic carbocycles. The Morgan fingerprint density at radius 1 is 1.26 bits per heavy atom. The third-order valence-corrected chi connectivity index (χ3v) is 3.31. The summed E-state index contributed by atoms with van der Waals surface area (Å²) in [5.41, 5.74) is 0. The summed E-state index contributed by atoms with van der Waals surface area (Å²) in [5, 5.41) is 11.7. The predicted molar refractivity (Wildman–Crippen MR) is 72.2 cm³/mol. The van der Waals surface area contributed by atoms with Crippen molar-refractivity contribution in [2.45, 2.75) is 6.42 Å². The van der Waals surface area contributed by atoms with Crippen LogP contribution in [-0.4, -0.2) is 91.7 Å². The predicted octanol–water partition coefficient (Wildman–Crippen LogP) is -0.650. The average molecular weight is 272 g/mol. The van der Waals surface area contributed by atoms with Gasteiger partial charge in [-0.3, -0.25) is 9.69 Å². The smallest absolute Gasteiger partial charge is 0.319 e. The molecule has 0 unspecified atom stereocenters. The molecular formula is C12H24N4O3. The second-order valence-corrected chi connectivity index (χ2v) is 4.78. The molecule has 0 aromatic carbocycles. The molecule has 7 nitrogen and oxygen atoms in total. The Labute approximate surface area is 114 Å². The maximum atomic E-state index is 12.1. The van der Waals surface area contributed by atoms with Gasteiger partial charge in [-0.05, 0) is 7.05 Å². The molecule has 0 bridgehead atoms. The summed E-state index contributed by atoms with van der Waals surface area (Å²) in [7, 11) is 3.66. The van der Waals surface area contributed by atoms with E-state index in [0.29, 0.717) is 26.2 Å². The summed E-state index contributed by atoms with van der Waals surface area (Å²) in [6.45, 7) is 4.87. The van der Waals surface area contributed by atoms with Gasteiger partial charge in [0.15, 0.2) is 0 Å². The quantitative estimate of drug-likeness (QED) is 0.672. The number of nitrogens with one attached hydrogen (secondary N) is 1. The van der Waals surface area contributed by atoms with Gasteiger partial charge >= 0.3 is 12.0 Å². The number of carbonyl (C=O) groups excluding carboxylic acids is 1. The van der Waals surface area contributed by atoms with Crippen molar-refractivity contribution in [1.29, 1.82) is 0 Å². The highest BCUT2D eigenvalue weighted by molar-refractivity contribution is 5.74. The van der Waals surface area contributed by atoms with E-state index in [4.69, 9.17) is 5.11 Å². The largest absolute Gasteiger partial charge is 0.481 e. The molecule has 0 aromatic rings. The van der Waals surface area contributed by atoms with E-state index in [0.717, 1.165) is 19.6 Å². The second-order valence-electron chi connectivity index (χ2n) is 4.78. The molecule has 110 valence electrons. The first-order valence-electron chi connectivity index (χ1n) is 6.63. The van der Waals surface area contributed by atoms with Crippen molar-refractivity contribution in [1.82, 2.24) is 20.0 Å². The van der Waals surface area contributed by atoms with Crippen LogP contribution >= 0.6 is 0 Å². The Morgan fingerprint density at radius 3 is 2.42 bits per heavy atom. The third kappa shape index (κ3) is 5.44. The molecule has 0 aromatic heterocycles. The minimum Gasteiger partial charge on any atom is -0.481 e. The molecule has 2 amide bonds. The number of hydrogen-bond donors (Lipinski definition) is 2. The zero-order valence-electron chi connectivity index (χ0n) is 11.8. The number of piperazine rings is 1. The van der Waals surface area contributed by atoms with Crippen LogP contribution < -0.4 is 5.32 Å². The van der Waals surface area contributed by atoms with Crippen LogP contribution in [0.4, 0.5) is 4.79 Å². The van der Waals surface area contributed by atoms with Gasteiger partial charge in [-0.1, -0.05) is 0 Å². The van der Waals surface area contributed by atoms with E-state index in [2.05, 4.69) is 10.2 Å². The molecule has 0 spiro atoms. The minimum absolute atomic E-state index is 0.0492. The molecular weight excluding hydrogens is 248 g/mol. The molecule has 0 saturated carbocycles. The zero-order valence-corrected chi connectivity index (χ0v) is 11.8. The van der Waals surface area contributed by atoms with Crippen molar-refractivity contribution < 1.29 is 14.7 Å². The summed E-state index contributed by atoms with van der Waals surface area (Å²) in [4.78, 5) is 28.2. The SMILES string of the molecule is CNCCN(C)C(=O)N1CCN(CCC(=O)O)CC1. The van der Waals surface area contributed by atoms with Crippen LogP contribution in [0.2, 0.25) is 0 Å². The van der Waals surface area contributed by atoms with Gasteiger partial charge in [0.05, 0.1) is 6.42 Å². The lowest BCUT2D eigenvalue weighted by Gasteiger charge is -2.36. The maximum Gasteiger partial charge on any atom is 0.319 e. The molecule has 7 heteroatoms. The number of hydrogen-bond acceptors (Lipinski definition) is 4. The summed E-state index contributed by atoms with van der Waals surface area (Å²) < 4.78 is 0. The molecule has 1 fully saturated rings. The second kappa shape index (κ2) is 7.96. The van der Waals surface area contributed by atoms with Gasteiger partial charge in [0.2, 0.25) is 0 Å². The summed E-state index contributed by atoms with van der Waals surface area (Å²) in [6, 6.07) is 0.0492. The molecule has 0 radical (unpaired) electrons. The van der Waals surface area contributed by atoms with Crippen molar-refractivity contribution >= 4 is 12.0 Å². The fourth-order valence-corrected chi connectivity index (χ4v) is 2.03. The lowest BCUT2D eigenvalue weighted by Crippen LogP contribution is -2.52. The molecule has 2 N–H and O–H groups in total. The topological polar surface area (TPSA) is 76.1 Å². The number of rotatable bonds is 6. The zero-order chi connectivity index (χ0) is 14.3. The number of amides is 2. The van der Waals surface area contributed by atoms with Gasteiger partial charge in [-0.25, -0.2) is 4.79 Å². The van der Waals surface area contributed by atoms with Crippen LogP contribution in [0.5, 0.6) is 0 Å². The summed E-state index contributed by atoms with van der Waals surface area (Å²) in [6.07, 6.45) is 0.163. The molecule has 1 rings (SSSR count). The molecule has 1 aliphatic heterocycles. The molecule has 1 aliphatic rings. The van der Waals surface area contributed by atoms with E-state index >= 15 is 0 Å². The normalized spacial score (nSPS) is 16.4. The number of likely N-dealkylation sites (N-methyl/N-ethyl adjacent to an activating group) is 2. The Kier molecular flexibility index (Phi) is 6.58. The Morgan fingerprint density at radius 2 is 1.89 bits per heavy atom. The first-order chi connectivity index (χ1) is 9.04. The molecule has 1 saturated heterocycles. The van der Waals surface area contributed by atoms with Gasteiger partial charge in [-0.15, -0.1) is 0 Å². The lowest BCUT2D eigenvalue weighted by molar-refractivity contribution is -0.137. The molecule has 1 heterocycles. The number of urea groups is 1. The van der Waals surface area contributed by atoms with Crippen LogP contribution in [0, 0.1) is 0 Å². The van der Waals surface area contributed by atoms with Gasteiger partial charge in [-0.2, -0.15) is 0 Å². The minimum atomic E-state index is -0.773. The highest BCUT2D eigenvalue weighted by Gasteiger charge is 2.23. The third-order valence-electron chi connectivity index (χ3n) is 3.31. The number of carbonyl (C=O) groups is 2. The highest BCUT2D eigenvalue weighted by Crippen LogP contribution is 2.05. The van der Waals surface area contributed by atoms with E-state index in [1.807, 2.05) is 11.9 Å². The standard InChI is InChI=1S/C12H24N4O3/c1-13-4-6-14(2)12(19)16-9-7-15(8-10-16)5-3-11(17)18/h13H,3-10H2,1-2H3,(H,17,18). The monoisotopic (exact) mass is 272 g/mol. The van der Waals surface area contributed by atoms with Gasteiger partial charge in [0.1, 0.15) is 0 Å². The van der Waals surface area contributed by atoms with Crippen molar-refractivity contribution in [3.63, 3.8) is 0 Å². The van der Waals surface area contributed by atoms with Crippen LogP contribution in [0.1, 0.15) is 6.42 Å². The highest BCUT2D eigenvalue weighted by atomic mass is 16.4. The van der Waals surface area contributed by atoms with Crippen molar-refractivity contribution in [3.8, 4) is 0 Å². The summed E-state index contributed by atoms with van der Waals surface area (Å²) in [5.74, 6) is -0.773. The van der Waals surface area contributed by atoms with Crippen molar-refractivity contribution in [3.05, 3.63) is 0 Å². The van der Waals surface area contributed by atoms with Crippen molar-refractivity contribution in [2.75, 3.05) is 59.9 Å². The van der Waals surface area contributed by atoms with Gasteiger partial charge in [0.25, 0.3) is 0 Å². The van der Waals surface area contributed by atoms with E-state index in [-0.39, 0.29) is 12.5 Å². The van der Waals surface area contributed by atoms with E-state index in [1.54, 1.807) is 11.9 Å². The summed E-state index contributed by atoms with van der Waals surface area (Å²) >= 11 is 0. The number of aliphatic carboxylic acids is 1. The Bertz CT molecular complexity index is 303. The fraction of sp³-hybridized carbons (Fsp3) is 0.833. The number of nitrogens with zero attached hydrogens (tertiary/aromatic N) is 3. The first-order valence-corrected chi connectivity index (χ1v) is 6.63. The van der Waals surface area contributed by atoms with Crippen molar-refractivity contribution in [2.24, 2.45) is 0 Å². The van der Waals surface area contributed by atoms with Gasteiger partial charge in [0, 0.05) is 52.9 Å². The average Bonchev–Trinajstić information content (AvgIpc) is 2.42. The van der Waals surface area contributed by atoms with Crippen LogP contribution in [0.15, 0.2) is 0 Å². The van der Waals surface area contributed by atoms with Gasteiger partial charge < -0.3 is 20.2 Å². The van der Waals surface area contributed by atoms with Crippen LogP contribution in [0.25, 0.3) is 0 Å². The number of carboxylic acids is 1.